The van der Waals surface area contributed by atoms with E-state index in [4.69, 9.17) is 9.84 Å². The summed E-state index contributed by atoms with van der Waals surface area (Å²) in [5, 5.41) is 18.4. The first-order valence-electron chi connectivity index (χ1n) is 5.46. The molecule has 2 N–H and O–H groups in total. The molecule has 0 unspecified atom stereocenters. The number of halogens is 3. The van der Waals surface area contributed by atoms with Crippen molar-refractivity contribution >= 4 is 0 Å². The number of nitrogens with zero attached hydrogens (tertiary/aromatic N) is 1. The zero-order valence-electron chi connectivity index (χ0n) is 9.70. The standard InChI is InChI=1S/C10H18F3NO3/c1-14(6-8(16)10(11,12)13)9(7-15)2-4-17-5-3-9/h8,15-16H,2-7H2,1H3/t8-/m1/s1. The van der Waals surface area contributed by atoms with Crippen molar-refractivity contribution in [1.29, 1.82) is 0 Å². The summed E-state index contributed by atoms with van der Waals surface area (Å²) in [5.41, 5.74) is -0.718. The van der Waals surface area contributed by atoms with E-state index in [0.29, 0.717) is 26.1 Å². The summed E-state index contributed by atoms with van der Waals surface area (Å²) in [6.45, 7) is 0.0432. The summed E-state index contributed by atoms with van der Waals surface area (Å²) in [7, 11) is 1.48. The van der Waals surface area contributed by atoms with Gasteiger partial charge in [0.15, 0.2) is 6.10 Å². The fraction of sp³-hybridized carbons (Fsp3) is 1.00. The van der Waals surface area contributed by atoms with E-state index in [1.54, 1.807) is 0 Å². The van der Waals surface area contributed by atoms with Gasteiger partial charge in [-0.25, -0.2) is 0 Å². The van der Waals surface area contributed by atoms with E-state index in [2.05, 4.69) is 0 Å². The van der Waals surface area contributed by atoms with Crippen molar-refractivity contribution in [2.75, 3.05) is 33.4 Å². The van der Waals surface area contributed by atoms with Gasteiger partial charge in [0.1, 0.15) is 0 Å². The van der Waals surface area contributed by atoms with E-state index in [-0.39, 0.29) is 6.61 Å². The third-order valence-electron chi connectivity index (χ3n) is 3.35. The summed E-state index contributed by atoms with van der Waals surface area (Å²) in [5.74, 6) is 0. The van der Waals surface area contributed by atoms with Gasteiger partial charge in [-0.05, 0) is 19.9 Å². The van der Waals surface area contributed by atoms with Crippen molar-refractivity contribution in [3.63, 3.8) is 0 Å². The maximum atomic E-state index is 12.2. The Morgan fingerprint density at radius 3 is 2.29 bits per heavy atom. The van der Waals surface area contributed by atoms with Crippen molar-refractivity contribution in [3.05, 3.63) is 0 Å². The maximum Gasteiger partial charge on any atom is 0.415 e. The lowest BCUT2D eigenvalue weighted by Gasteiger charge is -2.44. The van der Waals surface area contributed by atoms with Crippen molar-refractivity contribution in [3.8, 4) is 0 Å². The molecule has 0 amide bonds. The van der Waals surface area contributed by atoms with Crippen LogP contribution in [0.1, 0.15) is 12.8 Å². The van der Waals surface area contributed by atoms with Crippen molar-refractivity contribution in [2.24, 2.45) is 0 Å². The van der Waals surface area contributed by atoms with Gasteiger partial charge in [-0.1, -0.05) is 0 Å². The Bertz CT molecular complexity index is 241. The fourth-order valence-electron chi connectivity index (χ4n) is 1.97. The van der Waals surface area contributed by atoms with Gasteiger partial charge >= 0.3 is 6.18 Å². The molecule has 1 heterocycles. The Balaban J connectivity index is 2.63. The van der Waals surface area contributed by atoms with Crippen LogP contribution in [0, 0.1) is 0 Å². The molecule has 102 valence electrons. The number of aliphatic hydroxyl groups is 2. The van der Waals surface area contributed by atoms with Crippen molar-refractivity contribution < 1.29 is 28.1 Å². The molecule has 1 aliphatic heterocycles. The Labute approximate surface area is 98.0 Å². The minimum absolute atomic E-state index is 0.239. The predicted octanol–water partition coefficient (Wildman–Crippen LogP) is 0.383. The van der Waals surface area contributed by atoms with Crippen molar-refractivity contribution in [2.45, 2.75) is 30.7 Å². The maximum absolute atomic E-state index is 12.2. The average molecular weight is 257 g/mol. The number of ether oxygens (including phenoxy) is 1. The molecule has 0 aliphatic carbocycles. The highest BCUT2D eigenvalue weighted by molar-refractivity contribution is 4.92. The van der Waals surface area contributed by atoms with E-state index < -0.39 is 24.4 Å². The molecule has 0 aromatic carbocycles. The molecule has 1 aliphatic rings. The lowest BCUT2D eigenvalue weighted by Crippen LogP contribution is -2.56. The zero-order chi connectivity index (χ0) is 13.1. The number of β-amino-alcohol motifs (C(OH)–C–C–N with tert-alkyl or cyclic N) is 1. The molecular formula is C10H18F3NO3. The van der Waals surface area contributed by atoms with Crippen LogP contribution >= 0.6 is 0 Å². The average Bonchev–Trinajstić information content (AvgIpc) is 2.28. The molecular weight excluding hydrogens is 239 g/mol. The molecule has 0 bridgehead atoms. The number of hydrogen-bond acceptors (Lipinski definition) is 4. The Morgan fingerprint density at radius 1 is 1.35 bits per heavy atom. The summed E-state index contributed by atoms with van der Waals surface area (Å²) < 4.78 is 41.9. The van der Waals surface area contributed by atoms with Crippen LogP contribution in [0.3, 0.4) is 0 Å². The van der Waals surface area contributed by atoms with Crippen LogP contribution in [0.15, 0.2) is 0 Å². The lowest BCUT2D eigenvalue weighted by molar-refractivity contribution is -0.213. The Kier molecular flexibility index (Phi) is 4.77. The predicted molar refractivity (Wildman–Crippen MR) is 54.6 cm³/mol. The first kappa shape index (κ1) is 14.7. The SMILES string of the molecule is CN(C[C@@H](O)C(F)(F)F)C1(CO)CCOCC1. The number of alkyl halides is 3. The minimum Gasteiger partial charge on any atom is -0.394 e. The van der Waals surface area contributed by atoms with E-state index in [1.807, 2.05) is 0 Å². The highest BCUT2D eigenvalue weighted by Gasteiger charge is 2.43. The number of rotatable bonds is 4. The second-order valence-electron chi connectivity index (χ2n) is 4.43. The number of aliphatic hydroxyl groups excluding tert-OH is 2. The molecule has 7 heteroatoms. The molecule has 0 radical (unpaired) electrons. The van der Waals surface area contributed by atoms with Crippen LogP contribution in [0.25, 0.3) is 0 Å². The molecule has 1 atom stereocenters. The van der Waals surface area contributed by atoms with E-state index >= 15 is 0 Å². The normalized spacial score (nSPS) is 22.8. The molecule has 0 aromatic rings. The van der Waals surface area contributed by atoms with Gasteiger partial charge in [-0.3, -0.25) is 4.90 Å². The van der Waals surface area contributed by atoms with Gasteiger partial charge in [-0.2, -0.15) is 13.2 Å². The molecule has 0 saturated carbocycles. The van der Waals surface area contributed by atoms with Gasteiger partial charge in [0.2, 0.25) is 0 Å². The van der Waals surface area contributed by atoms with Crippen LogP contribution in [-0.2, 0) is 4.74 Å². The summed E-state index contributed by atoms with van der Waals surface area (Å²) >= 11 is 0. The second-order valence-corrected chi connectivity index (χ2v) is 4.43. The second kappa shape index (κ2) is 5.51. The largest absolute Gasteiger partial charge is 0.415 e. The van der Waals surface area contributed by atoms with Crippen LogP contribution in [-0.4, -0.2) is 66.3 Å². The van der Waals surface area contributed by atoms with Gasteiger partial charge in [0.25, 0.3) is 0 Å². The van der Waals surface area contributed by atoms with Crippen molar-refractivity contribution in [1.82, 2.24) is 4.90 Å². The third kappa shape index (κ3) is 3.54. The Hall–Kier alpha value is -0.370. The zero-order valence-corrected chi connectivity index (χ0v) is 9.70. The molecule has 0 spiro atoms. The van der Waals surface area contributed by atoms with E-state index in [1.165, 1.54) is 11.9 Å². The van der Waals surface area contributed by atoms with Crippen LogP contribution in [0.4, 0.5) is 13.2 Å². The molecule has 1 fully saturated rings. The minimum atomic E-state index is -4.63. The van der Waals surface area contributed by atoms with E-state index in [9.17, 15) is 18.3 Å². The highest BCUT2D eigenvalue weighted by atomic mass is 19.4. The topological polar surface area (TPSA) is 52.9 Å². The molecule has 0 aromatic heterocycles. The molecule has 4 nitrogen and oxygen atoms in total. The smallest absolute Gasteiger partial charge is 0.394 e. The molecule has 17 heavy (non-hydrogen) atoms. The van der Waals surface area contributed by atoms with Crippen LogP contribution in [0.5, 0.6) is 0 Å². The third-order valence-corrected chi connectivity index (χ3v) is 3.35. The van der Waals surface area contributed by atoms with E-state index in [0.717, 1.165) is 0 Å². The first-order chi connectivity index (χ1) is 7.82. The number of hydrogen-bond donors (Lipinski definition) is 2. The van der Waals surface area contributed by atoms with Gasteiger partial charge < -0.3 is 14.9 Å². The summed E-state index contributed by atoms with van der Waals surface area (Å²) in [4.78, 5) is 1.38. The lowest BCUT2D eigenvalue weighted by atomic mass is 9.89. The molecule has 1 rings (SSSR count). The highest BCUT2D eigenvalue weighted by Crippen LogP contribution is 2.28. The quantitative estimate of drug-likeness (QED) is 0.764. The Morgan fingerprint density at radius 2 is 1.88 bits per heavy atom. The molecule has 1 saturated heterocycles. The summed E-state index contributed by atoms with van der Waals surface area (Å²) in [6.07, 6.45) is -6.09. The fourth-order valence-corrected chi connectivity index (χ4v) is 1.97. The monoisotopic (exact) mass is 257 g/mol. The first-order valence-corrected chi connectivity index (χ1v) is 5.46. The van der Waals surface area contributed by atoms with Gasteiger partial charge in [-0.15, -0.1) is 0 Å². The van der Waals surface area contributed by atoms with Crippen LogP contribution < -0.4 is 0 Å². The number of likely N-dealkylation sites (N-methyl/N-ethyl adjacent to an activating group) is 1. The van der Waals surface area contributed by atoms with Gasteiger partial charge in [0, 0.05) is 25.3 Å². The van der Waals surface area contributed by atoms with Crippen LogP contribution in [0.2, 0.25) is 0 Å². The summed E-state index contributed by atoms with van der Waals surface area (Å²) in [6, 6.07) is 0. The van der Waals surface area contributed by atoms with Gasteiger partial charge in [0.05, 0.1) is 6.61 Å².